The van der Waals surface area contributed by atoms with Gasteiger partial charge in [0.05, 0.1) is 11.9 Å². The summed E-state index contributed by atoms with van der Waals surface area (Å²) >= 11 is 13.0. The summed E-state index contributed by atoms with van der Waals surface area (Å²) in [5, 5.41) is 0. The summed E-state index contributed by atoms with van der Waals surface area (Å²) in [5.74, 6) is 0. The van der Waals surface area contributed by atoms with Crippen molar-refractivity contribution in [2.24, 2.45) is 0 Å². The number of thiazole rings is 1. The van der Waals surface area contributed by atoms with Crippen LogP contribution in [0.15, 0.2) is 22.5 Å². The lowest BCUT2D eigenvalue weighted by Crippen LogP contribution is -2.13. The van der Waals surface area contributed by atoms with Gasteiger partial charge in [0.15, 0.2) is 8.68 Å². The molecule has 0 aliphatic rings. The van der Waals surface area contributed by atoms with Crippen LogP contribution in [-0.2, 0) is 10.0 Å². The van der Waals surface area contributed by atoms with Crippen molar-refractivity contribution in [3.63, 3.8) is 0 Å². The number of sulfonamides is 1. The van der Waals surface area contributed by atoms with Crippen molar-refractivity contribution in [2.75, 3.05) is 4.72 Å². The first-order valence-corrected chi connectivity index (χ1v) is 10.5. The average molecular weight is 652 g/mol. The highest BCUT2D eigenvalue weighted by molar-refractivity contribution is 14.1. The maximum atomic E-state index is 12.2. The normalized spacial score (nSPS) is 11.6. The third-order valence-electron chi connectivity index (χ3n) is 1.96. The SMILES string of the molecule is O=S(=O)(Nc1c(I)cc(I)cc1I)c1cnc(Cl)s1. The Balaban J connectivity index is 2.41. The van der Waals surface area contributed by atoms with Gasteiger partial charge in [-0.2, -0.15) is 0 Å². The molecular weight excluding hydrogens is 648 g/mol. The maximum Gasteiger partial charge on any atom is 0.273 e. The average Bonchev–Trinajstić information content (AvgIpc) is 2.71. The number of nitrogens with zero attached hydrogens (tertiary/aromatic N) is 1. The Morgan fingerprint density at radius 3 is 2.26 bits per heavy atom. The zero-order chi connectivity index (χ0) is 14.2. The van der Waals surface area contributed by atoms with Gasteiger partial charge in [-0.3, -0.25) is 4.72 Å². The number of hydrogen-bond acceptors (Lipinski definition) is 4. The maximum absolute atomic E-state index is 12.2. The molecule has 0 amide bonds. The van der Waals surface area contributed by atoms with Crippen LogP contribution < -0.4 is 4.72 Å². The highest BCUT2D eigenvalue weighted by Crippen LogP contribution is 2.31. The number of halogens is 4. The molecule has 0 atom stereocenters. The molecule has 0 spiro atoms. The Labute approximate surface area is 160 Å². The van der Waals surface area contributed by atoms with E-state index < -0.39 is 10.0 Å². The summed E-state index contributed by atoms with van der Waals surface area (Å²) in [7, 11) is -3.64. The van der Waals surface area contributed by atoms with Gasteiger partial charge in [0.1, 0.15) is 0 Å². The minimum absolute atomic E-state index is 0.0997. The molecule has 0 bridgehead atoms. The van der Waals surface area contributed by atoms with Crippen molar-refractivity contribution in [3.8, 4) is 0 Å². The van der Waals surface area contributed by atoms with E-state index in [4.69, 9.17) is 11.6 Å². The number of benzene rings is 1. The number of anilines is 1. The second-order valence-corrected chi connectivity index (χ2v) is 10.4. The van der Waals surface area contributed by atoms with Gasteiger partial charge in [-0.25, -0.2) is 13.4 Å². The first-order valence-electron chi connectivity index (χ1n) is 4.58. The molecule has 0 radical (unpaired) electrons. The van der Waals surface area contributed by atoms with E-state index in [0.29, 0.717) is 5.69 Å². The molecule has 0 unspecified atom stereocenters. The van der Waals surface area contributed by atoms with Crippen molar-refractivity contribution in [2.45, 2.75) is 4.21 Å². The lowest BCUT2D eigenvalue weighted by molar-refractivity contribution is 0.603. The van der Waals surface area contributed by atoms with E-state index in [1.54, 1.807) is 0 Å². The van der Waals surface area contributed by atoms with Gasteiger partial charge in [-0.05, 0) is 79.9 Å². The number of nitrogens with one attached hydrogen (secondary N) is 1. The molecule has 1 heterocycles. The fourth-order valence-electron chi connectivity index (χ4n) is 1.19. The lowest BCUT2D eigenvalue weighted by atomic mass is 10.3. The Kier molecular flexibility index (Phi) is 5.59. The highest BCUT2D eigenvalue weighted by Gasteiger charge is 2.20. The van der Waals surface area contributed by atoms with Crippen LogP contribution >= 0.6 is 90.7 Å². The zero-order valence-corrected chi connectivity index (χ0v) is 17.7. The van der Waals surface area contributed by atoms with Crippen LogP contribution in [0.3, 0.4) is 0 Å². The van der Waals surface area contributed by atoms with Gasteiger partial charge in [0, 0.05) is 10.7 Å². The Morgan fingerprint density at radius 2 is 1.79 bits per heavy atom. The fraction of sp³-hybridized carbons (Fsp3) is 0. The molecule has 0 saturated heterocycles. The molecule has 102 valence electrons. The summed E-state index contributed by atoms with van der Waals surface area (Å²) < 4.78 is 30.0. The third-order valence-corrected chi connectivity index (χ3v) is 7.21. The van der Waals surface area contributed by atoms with Crippen LogP contribution in [-0.4, -0.2) is 13.4 Å². The van der Waals surface area contributed by atoms with E-state index in [0.717, 1.165) is 22.0 Å². The van der Waals surface area contributed by atoms with E-state index in [-0.39, 0.29) is 8.68 Å². The summed E-state index contributed by atoms with van der Waals surface area (Å²) in [6.07, 6.45) is 1.25. The first-order chi connectivity index (χ1) is 8.79. The highest BCUT2D eigenvalue weighted by atomic mass is 127. The largest absolute Gasteiger partial charge is 0.277 e. The molecule has 0 fully saturated rings. The molecule has 0 aliphatic carbocycles. The predicted molar refractivity (Wildman–Crippen MR) is 103 cm³/mol. The molecule has 10 heteroatoms. The smallest absolute Gasteiger partial charge is 0.273 e. The topological polar surface area (TPSA) is 59.1 Å². The Hall–Kier alpha value is 1.08. The molecule has 1 aromatic heterocycles. The molecule has 19 heavy (non-hydrogen) atoms. The predicted octanol–water partition coefficient (Wildman–Crippen LogP) is 4.41. The number of hydrogen-bond donors (Lipinski definition) is 1. The Bertz CT molecular complexity index is 710. The summed E-state index contributed by atoms with van der Waals surface area (Å²) in [4.78, 5) is 3.74. The molecule has 2 aromatic rings. The Morgan fingerprint density at radius 1 is 1.21 bits per heavy atom. The molecule has 0 aliphatic heterocycles. The van der Waals surface area contributed by atoms with Gasteiger partial charge < -0.3 is 0 Å². The van der Waals surface area contributed by atoms with Crippen LogP contribution in [0.1, 0.15) is 0 Å². The van der Waals surface area contributed by atoms with Crippen LogP contribution in [0.25, 0.3) is 0 Å². The first kappa shape index (κ1) is 16.5. The third kappa shape index (κ3) is 4.05. The minimum atomic E-state index is -3.64. The zero-order valence-electron chi connectivity index (χ0n) is 8.82. The van der Waals surface area contributed by atoms with Crippen molar-refractivity contribution >= 4 is 106 Å². The van der Waals surface area contributed by atoms with Crippen LogP contribution in [0.4, 0.5) is 5.69 Å². The summed E-state index contributed by atoms with van der Waals surface area (Å²) in [6, 6.07) is 3.81. The van der Waals surface area contributed by atoms with Crippen molar-refractivity contribution in [1.82, 2.24) is 4.98 Å². The second-order valence-electron chi connectivity index (χ2n) is 3.28. The van der Waals surface area contributed by atoms with E-state index in [9.17, 15) is 8.42 Å². The summed E-state index contributed by atoms with van der Waals surface area (Å²) in [5.41, 5.74) is 0.575. The molecule has 1 aromatic carbocycles. The number of rotatable bonds is 3. The van der Waals surface area contributed by atoms with E-state index in [2.05, 4.69) is 77.5 Å². The van der Waals surface area contributed by atoms with Crippen molar-refractivity contribution in [1.29, 1.82) is 0 Å². The quantitative estimate of drug-likeness (QED) is 0.501. The molecule has 0 saturated carbocycles. The van der Waals surface area contributed by atoms with Crippen molar-refractivity contribution in [3.05, 3.63) is 33.5 Å². The molecular formula is C9H4ClI3N2O2S2. The van der Waals surface area contributed by atoms with Crippen LogP contribution in [0.5, 0.6) is 0 Å². The van der Waals surface area contributed by atoms with Gasteiger partial charge in [0.2, 0.25) is 0 Å². The van der Waals surface area contributed by atoms with Gasteiger partial charge in [-0.15, -0.1) is 0 Å². The fourth-order valence-corrected chi connectivity index (χ4v) is 7.80. The minimum Gasteiger partial charge on any atom is -0.277 e. The molecule has 2 rings (SSSR count). The standard InChI is InChI=1S/C9H4ClI3N2O2S2/c10-9-14-3-7(18-9)19(16,17)15-8-5(12)1-4(11)2-6(8)13/h1-3,15H. The molecule has 4 nitrogen and oxygen atoms in total. The monoisotopic (exact) mass is 652 g/mol. The molecule has 1 N–H and O–H groups in total. The summed E-state index contributed by atoms with van der Waals surface area (Å²) in [6.45, 7) is 0. The van der Waals surface area contributed by atoms with Crippen molar-refractivity contribution < 1.29 is 8.42 Å². The van der Waals surface area contributed by atoms with Crippen LogP contribution in [0, 0.1) is 10.7 Å². The lowest BCUT2D eigenvalue weighted by Gasteiger charge is -2.10. The van der Waals surface area contributed by atoms with E-state index in [1.807, 2.05) is 12.1 Å². The van der Waals surface area contributed by atoms with E-state index in [1.165, 1.54) is 6.20 Å². The number of aromatic nitrogens is 1. The van der Waals surface area contributed by atoms with Gasteiger partial charge in [0.25, 0.3) is 10.0 Å². The second kappa shape index (κ2) is 6.46. The van der Waals surface area contributed by atoms with Crippen LogP contribution in [0.2, 0.25) is 4.47 Å². The van der Waals surface area contributed by atoms with Gasteiger partial charge >= 0.3 is 0 Å². The van der Waals surface area contributed by atoms with Gasteiger partial charge in [-0.1, -0.05) is 22.9 Å². The van der Waals surface area contributed by atoms with E-state index >= 15 is 0 Å².